The molecule has 0 spiro atoms. The van der Waals surface area contributed by atoms with Crippen LogP contribution in [0.5, 0.6) is 11.5 Å². The maximum atomic E-state index is 12.6. The van der Waals surface area contributed by atoms with E-state index in [4.69, 9.17) is 29.4 Å². The summed E-state index contributed by atoms with van der Waals surface area (Å²) in [4.78, 5) is 49.0. The zero-order valence-electron chi connectivity index (χ0n) is 23.5. The van der Waals surface area contributed by atoms with Crippen LogP contribution in [0.3, 0.4) is 0 Å². The second kappa shape index (κ2) is 16.7. The van der Waals surface area contributed by atoms with E-state index in [2.05, 4.69) is 0 Å². The highest BCUT2D eigenvalue weighted by Gasteiger charge is 2.36. The van der Waals surface area contributed by atoms with Crippen LogP contribution in [0, 0.1) is 11.8 Å². The van der Waals surface area contributed by atoms with E-state index >= 15 is 0 Å². The van der Waals surface area contributed by atoms with Gasteiger partial charge in [-0.05, 0) is 48.8 Å². The van der Waals surface area contributed by atoms with Gasteiger partial charge in [0.1, 0.15) is 5.54 Å². The minimum absolute atomic E-state index is 0.0227. The first-order valence-electron chi connectivity index (χ1n) is 13.1. The summed E-state index contributed by atoms with van der Waals surface area (Å²) in [7, 11) is 1.21. The van der Waals surface area contributed by atoms with Crippen LogP contribution in [-0.2, 0) is 35.0 Å². The van der Waals surface area contributed by atoms with Crippen molar-refractivity contribution in [2.24, 2.45) is 17.6 Å². The molecule has 0 amide bonds. The second-order valence-electron chi connectivity index (χ2n) is 10.1. The average Bonchev–Trinajstić information content (AvgIpc) is 2.85. The Morgan fingerprint density at radius 2 is 1.42 bits per heavy atom. The molecule has 0 radical (unpaired) electrons. The van der Waals surface area contributed by atoms with Gasteiger partial charge in [0, 0.05) is 25.7 Å². The quantitative estimate of drug-likeness (QED) is 0.232. The van der Waals surface area contributed by atoms with Crippen molar-refractivity contribution in [1.29, 1.82) is 0 Å². The molecule has 0 aliphatic heterocycles. The molecule has 0 heterocycles. The SMILES string of the molecule is CCCOC(=O)OCC[C@@](N)(Cc1ccc(OC(=O)CCC(C)C)c(OC(=O)CCC(C)C)c1)C(=O)OC. The number of carbonyl (C=O) groups excluding carboxylic acids is 4. The molecule has 0 aromatic heterocycles. The lowest BCUT2D eigenvalue weighted by molar-refractivity contribution is -0.147. The smallest absolute Gasteiger partial charge is 0.468 e. The van der Waals surface area contributed by atoms with Crippen molar-refractivity contribution >= 4 is 24.1 Å². The summed E-state index contributed by atoms with van der Waals surface area (Å²) in [5, 5.41) is 0. The Balaban J connectivity index is 3.12. The fraction of sp³-hybridized carbons (Fsp3) is 0.643. The molecule has 1 aromatic carbocycles. The molecule has 0 bridgehead atoms. The Morgan fingerprint density at radius 3 is 1.95 bits per heavy atom. The normalized spacial score (nSPS) is 12.6. The minimum Gasteiger partial charge on any atom is -0.468 e. The Bertz CT molecular complexity index is 929. The average molecular weight is 538 g/mol. The van der Waals surface area contributed by atoms with E-state index in [0.717, 1.165) is 0 Å². The molecule has 214 valence electrons. The van der Waals surface area contributed by atoms with Crippen molar-refractivity contribution in [3.63, 3.8) is 0 Å². The lowest BCUT2D eigenvalue weighted by atomic mass is 9.88. The van der Waals surface area contributed by atoms with Crippen molar-refractivity contribution in [2.75, 3.05) is 20.3 Å². The van der Waals surface area contributed by atoms with Crippen LogP contribution < -0.4 is 15.2 Å². The zero-order valence-corrected chi connectivity index (χ0v) is 23.5. The Kier molecular flexibility index (Phi) is 14.4. The van der Waals surface area contributed by atoms with Crippen molar-refractivity contribution < 1.29 is 42.9 Å². The third-order valence-electron chi connectivity index (χ3n) is 5.61. The van der Waals surface area contributed by atoms with Crippen LogP contribution in [0.25, 0.3) is 0 Å². The van der Waals surface area contributed by atoms with Crippen molar-refractivity contribution in [3.05, 3.63) is 23.8 Å². The van der Waals surface area contributed by atoms with Gasteiger partial charge >= 0.3 is 24.1 Å². The number of ether oxygens (including phenoxy) is 5. The number of esters is 3. The maximum absolute atomic E-state index is 12.6. The first kappa shape index (κ1) is 32.9. The van der Waals surface area contributed by atoms with Crippen molar-refractivity contribution in [3.8, 4) is 11.5 Å². The van der Waals surface area contributed by atoms with Gasteiger partial charge in [0.15, 0.2) is 11.5 Å². The molecule has 0 aliphatic rings. The Labute approximate surface area is 225 Å². The van der Waals surface area contributed by atoms with Crippen LogP contribution in [0.4, 0.5) is 4.79 Å². The van der Waals surface area contributed by atoms with E-state index in [1.807, 2.05) is 34.6 Å². The molecule has 0 fully saturated rings. The highest BCUT2D eigenvalue weighted by Crippen LogP contribution is 2.31. The van der Waals surface area contributed by atoms with Crippen molar-refractivity contribution in [2.45, 2.75) is 85.1 Å². The Hall–Kier alpha value is -3.14. The van der Waals surface area contributed by atoms with Crippen LogP contribution in [0.1, 0.15) is 78.7 Å². The monoisotopic (exact) mass is 537 g/mol. The number of hydrogen-bond acceptors (Lipinski definition) is 10. The molecule has 10 nitrogen and oxygen atoms in total. The van der Waals surface area contributed by atoms with Crippen LogP contribution in [0.15, 0.2) is 18.2 Å². The molecular weight excluding hydrogens is 494 g/mol. The molecule has 0 aliphatic carbocycles. The molecule has 0 saturated heterocycles. The molecule has 38 heavy (non-hydrogen) atoms. The van der Waals surface area contributed by atoms with Crippen LogP contribution >= 0.6 is 0 Å². The van der Waals surface area contributed by atoms with Gasteiger partial charge in [0.2, 0.25) is 0 Å². The van der Waals surface area contributed by atoms with Gasteiger partial charge in [-0.2, -0.15) is 0 Å². The highest BCUT2D eigenvalue weighted by molar-refractivity contribution is 5.81. The van der Waals surface area contributed by atoms with Gasteiger partial charge in [-0.1, -0.05) is 40.7 Å². The standard InChI is InChI=1S/C28H43NO9/c1-7-15-35-27(33)36-16-14-28(29,26(32)34-6)18-21-10-11-22(37-24(30)12-8-19(2)3)23(17-21)38-25(31)13-9-20(4)5/h10-11,17,19-20H,7-9,12-16,18,29H2,1-6H3/t28-/m1/s1. The summed E-state index contributed by atoms with van der Waals surface area (Å²) in [6, 6.07) is 4.64. The third-order valence-corrected chi connectivity index (χ3v) is 5.61. The number of carbonyl (C=O) groups is 4. The summed E-state index contributed by atoms with van der Waals surface area (Å²) in [6.07, 6.45) is 1.43. The molecule has 0 unspecified atom stereocenters. The summed E-state index contributed by atoms with van der Waals surface area (Å²) < 4.78 is 25.8. The summed E-state index contributed by atoms with van der Waals surface area (Å²) in [5.74, 6) is -0.832. The van der Waals surface area contributed by atoms with E-state index in [0.29, 0.717) is 36.7 Å². The lowest BCUT2D eigenvalue weighted by Crippen LogP contribution is -2.51. The van der Waals surface area contributed by atoms with Gasteiger partial charge in [0.25, 0.3) is 0 Å². The molecule has 1 rings (SSSR count). The molecule has 1 atom stereocenters. The Morgan fingerprint density at radius 1 is 0.868 bits per heavy atom. The van der Waals surface area contributed by atoms with Gasteiger partial charge in [-0.15, -0.1) is 0 Å². The van der Waals surface area contributed by atoms with Crippen molar-refractivity contribution in [1.82, 2.24) is 0 Å². The second-order valence-corrected chi connectivity index (χ2v) is 10.1. The molecule has 10 heteroatoms. The molecule has 0 saturated carbocycles. The highest BCUT2D eigenvalue weighted by atomic mass is 16.7. The van der Waals surface area contributed by atoms with E-state index < -0.39 is 29.6 Å². The van der Waals surface area contributed by atoms with Crippen LogP contribution in [0.2, 0.25) is 0 Å². The largest absolute Gasteiger partial charge is 0.508 e. The number of methoxy groups -OCH3 is 1. The zero-order chi connectivity index (χ0) is 28.7. The number of rotatable bonds is 16. The predicted octanol–water partition coefficient (Wildman–Crippen LogP) is 4.74. The number of hydrogen-bond donors (Lipinski definition) is 1. The molecule has 1 aromatic rings. The van der Waals surface area contributed by atoms with Crippen LogP contribution in [-0.4, -0.2) is 49.9 Å². The minimum atomic E-state index is -1.55. The first-order valence-corrected chi connectivity index (χ1v) is 13.1. The summed E-state index contributed by atoms with van der Waals surface area (Å²) in [6.45, 7) is 9.90. The molecular formula is C28H43NO9. The maximum Gasteiger partial charge on any atom is 0.508 e. The van der Waals surface area contributed by atoms with E-state index in [1.165, 1.54) is 19.2 Å². The first-order chi connectivity index (χ1) is 17.9. The molecule has 2 N–H and O–H groups in total. The predicted molar refractivity (Wildman–Crippen MR) is 141 cm³/mol. The lowest BCUT2D eigenvalue weighted by Gasteiger charge is -2.26. The number of benzene rings is 1. The van der Waals surface area contributed by atoms with E-state index in [9.17, 15) is 19.2 Å². The van der Waals surface area contributed by atoms with Gasteiger partial charge in [0.05, 0.1) is 20.3 Å². The fourth-order valence-corrected chi connectivity index (χ4v) is 3.36. The van der Waals surface area contributed by atoms with Gasteiger partial charge < -0.3 is 29.4 Å². The third kappa shape index (κ3) is 12.4. The van der Waals surface area contributed by atoms with Gasteiger partial charge in [-0.3, -0.25) is 14.4 Å². The van der Waals surface area contributed by atoms with Gasteiger partial charge in [-0.25, -0.2) is 4.79 Å². The van der Waals surface area contributed by atoms with E-state index in [-0.39, 0.29) is 50.4 Å². The number of nitrogens with two attached hydrogens (primary N) is 1. The topological polar surface area (TPSA) is 140 Å². The summed E-state index contributed by atoms with van der Waals surface area (Å²) >= 11 is 0. The summed E-state index contributed by atoms with van der Waals surface area (Å²) in [5.41, 5.74) is 5.37. The van der Waals surface area contributed by atoms with E-state index in [1.54, 1.807) is 6.07 Å². The fourth-order valence-electron chi connectivity index (χ4n) is 3.36.